The van der Waals surface area contributed by atoms with Crippen LogP contribution in [0.1, 0.15) is 182 Å². The number of ether oxygens (including phenoxy) is 18. The van der Waals surface area contributed by atoms with Crippen molar-refractivity contribution in [1.29, 1.82) is 0 Å². The fourth-order valence-corrected chi connectivity index (χ4v) is 19.1. The zero-order valence-electron chi connectivity index (χ0n) is 62.2. The summed E-state index contributed by atoms with van der Waals surface area (Å²) in [6.07, 6.45) is -18.8. The average molecular weight is 1470 g/mol. The monoisotopic (exact) mass is 1460 g/mol. The van der Waals surface area contributed by atoms with Crippen molar-refractivity contribution in [3.63, 3.8) is 0 Å². The average Bonchev–Trinajstić information content (AvgIpc) is 1.46. The number of aliphatic hydroxyl groups is 1. The van der Waals surface area contributed by atoms with Crippen molar-refractivity contribution in [2.45, 2.75) is 293 Å². The van der Waals surface area contributed by atoms with Gasteiger partial charge in [-0.3, -0.25) is 57.5 Å². The highest BCUT2D eigenvalue weighted by Gasteiger charge is 2.84. The van der Waals surface area contributed by atoms with Gasteiger partial charge in [0.1, 0.15) is 38.1 Å². The third-order valence-electron chi connectivity index (χ3n) is 22.8. The van der Waals surface area contributed by atoms with Gasteiger partial charge in [-0.05, 0) is 117 Å². The Morgan fingerprint density at radius 2 is 0.806 bits per heavy atom. The zero-order valence-corrected chi connectivity index (χ0v) is 62.2. The molecule has 0 aromatic heterocycles. The lowest BCUT2D eigenvalue weighted by atomic mass is 9.41. The fraction of sp³-hybridized carbons (Fsp3) is 0.806. The van der Waals surface area contributed by atoms with Crippen LogP contribution in [0.25, 0.3) is 0 Å². The number of allylic oxidation sites excluding steroid dienone is 1. The summed E-state index contributed by atoms with van der Waals surface area (Å²) in [4.78, 5) is 154. The maximum atomic E-state index is 13.2. The van der Waals surface area contributed by atoms with Crippen molar-refractivity contribution in [1.82, 2.24) is 0 Å². The summed E-state index contributed by atoms with van der Waals surface area (Å²) in [6, 6.07) is 0. The Morgan fingerprint density at radius 3 is 1.22 bits per heavy atom. The van der Waals surface area contributed by atoms with E-state index in [1.54, 1.807) is 0 Å². The van der Waals surface area contributed by atoms with Crippen molar-refractivity contribution in [2.75, 3.05) is 26.4 Å². The number of esters is 12. The number of aliphatic hydroxyl groups excluding tert-OH is 1. The van der Waals surface area contributed by atoms with Gasteiger partial charge in [-0.1, -0.05) is 39.3 Å². The third kappa shape index (κ3) is 17.7. The molecule has 3 aliphatic heterocycles. The first-order valence-corrected chi connectivity index (χ1v) is 35.3. The van der Waals surface area contributed by atoms with Crippen LogP contribution in [0, 0.1) is 50.7 Å². The van der Waals surface area contributed by atoms with Crippen molar-refractivity contribution in [3.05, 3.63) is 11.6 Å². The highest BCUT2D eigenvalue weighted by Crippen LogP contribution is 2.89. The molecule has 8 fully saturated rings. The van der Waals surface area contributed by atoms with Crippen molar-refractivity contribution >= 4 is 71.6 Å². The molecule has 1 N–H and O–H groups in total. The lowest BCUT2D eigenvalue weighted by molar-refractivity contribution is -0.342. The Hall–Kier alpha value is -6.90. The first-order valence-electron chi connectivity index (χ1n) is 35.3. The van der Waals surface area contributed by atoms with Gasteiger partial charge in [0.15, 0.2) is 73.8 Å². The van der Waals surface area contributed by atoms with Gasteiger partial charge in [0.25, 0.3) is 0 Å². The van der Waals surface area contributed by atoms with E-state index in [9.17, 15) is 62.6 Å². The lowest BCUT2D eigenvalue weighted by Crippen LogP contribution is -2.65. The molecule has 103 heavy (non-hydrogen) atoms. The second-order valence-corrected chi connectivity index (χ2v) is 30.0. The van der Waals surface area contributed by atoms with E-state index in [0.717, 1.165) is 88.2 Å². The van der Waals surface area contributed by atoms with Crippen LogP contribution in [0.5, 0.6) is 0 Å². The number of hydrogen-bond donors (Lipinski definition) is 1. The standard InChI is InChI=1S/C72H104O31/c1-33(2)19-20-48(99-66-63(97-45(14)83)60(94-42(11)80)57(91-39(8)77)50(101-66)29-87-36(5)74)34(3)55-47(85)27-70(18)53-22-21-52-68(16,32-89-65-62(96-44(13)82)59(93-41(10)79)56(90-38(7)76)49(100-65)28-86-35(4)73)54(23-24-71(52)31-72(53,71)26-25-69(55,70)17)103-67-64(98-46(15)84)61(95-43(12)81)58(92-40(9)78)51(102-67)30-88-37(6)75/h19,34,47-67,85H,20-32H2,1-18H3/t34-,47+,48+,49-,50-,51-,52+,53+,54+,55+,56-,57-,58+,59+,60+,61+,62-,63-,64-,65-,66-,67+,68+,69-,70+,71-,72+/m1/s1. The maximum absolute atomic E-state index is 13.2. The first-order chi connectivity index (χ1) is 48.1. The van der Waals surface area contributed by atoms with E-state index >= 15 is 0 Å². The number of carbonyl (C=O) groups excluding carboxylic acids is 12. The highest BCUT2D eigenvalue weighted by atomic mass is 16.8. The first kappa shape index (κ1) is 81.8. The van der Waals surface area contributed by atoms with Gasteiger partial charge >= 0.3 is 71.6 Å². The minimum atomic E-state index is -1.64. The van der Waals surface area contributed by atoms with Gasteiger partial charge in [-0.15, -0.1) is 0 Å². The minimum Gasteiger partial charge on any atom is -0.463 e. The smallest absolute Gasteiger partial charge is 0.303 e. The summed E-state index contributed by atoms with van der Waals surface area (Å²) in [6.45, 7) is 23.9. The maximum Gasteiger partial charge on any atom is 0.303 e. The molecule has 8 rings (SSSR count). The SMILES string of the molecule is CC(=O)OC[C@H]1O[C@@H](O[C@H]2CC[C@]34C[C@]35CC[C@]3(C)[C@@H]([C@H](C)[C@H](CC=C(C)C)O[C@@H]6O[C@H](COC(C)=O)[C@@H](OC(C)=O)[C@H](OC(C)=O)[C@H]6OC(C)=O)[C@@H](O)C[C@@]3(C)[C@@H]5CC[C@H]4[C@]2(C)CO[C@@H]2O[C@H](COC(C)=O)[C@@H](OC(C)=O)[C@H](OC(C)=O)[C@H]2OC(C)=O)[C@H](OC(C)=O)[C@@H](OC(C)=O)[C@H]1OC(C)=O. The van der Waals surface area contributed by atoms with Gasteiger partial charge < -0.3 is 90.4 Å². The quantitative estimate of drug-likeness (QED) is 0.0490. The molecule has 8 aliphatic rings. The van der Waals surface area contributed by atoms with E-state index in [2.05, 4.69) is 13.8 Å². The molecule has 0 aromatic carbocycles. The summed E-state index contributed by atoms with van der Waals surface area (Å²) in [5.41, 5.74) is -2.26. The summed E-state index contributed by atoms with van der Waals surface area (Å²) in [5.74, 6) is -11.0. The van der Waals surface area contributed by atoms with E-state index in [-0.39, 0.29) is 36.7 Å². The van der Waals surface area contributed by atoms with E-state index < -0.39 is 235 Å². The van der Waals surface area contributed by atoms with Gasteiger partial charge in [-0.25, -0.2) is 0 Å². The van der Waals surface area contributed by atoms with Crippen LogP contribution in [0.4, 0.5) is 0 Å². The molecule has 0 unspecified atom stereocenters. The normalized spacial score (nSPS) is 38.9. The molecule has 5 aliphatic carbocycles. The molecule has 0 radical (unpaired) electrons. The molecule has 2 spiro atoms. The van der Waals surface area contributed by atoms with Crippen LogP contribution in [0.15, 0.2) is 11.6 Å². The molecular weight excluding hydrogens is 1360 g/mol. The molecular formula is C72H104O31. The van der Waals surface area contributed by atoms with E-state index in [1.807, 2.05) is 33.8 Å². The summed E-state index contributed by atoms with van der Waals surface area (Å²) >= 11 is 0. The molecule has 31 heteroatoms. The molecule has 0 amide bonds. The Morgan fingerprint density at radius 1 is 0.437 bits per heavy atom. The van der Waals surface area contributed by atoms with E-state index in [4.69, 9.17) is 85.3 Å². The van der Waals surface area contributed by atoms with Crippen molar-refractivity contribution in [2.24, 2.45) is 50.7 Å². The summed E-state index contributed by atoms with van der Waals surface area (Å²) < 4.78 is 109. The van der Waals surface area contributed by atoms with Crippen LogP contribution >= 0.6 is 0 Å². The Bertz CT molecular complexity index is 3220. The molecule has 27 atom stereocenters. The summed E-state index contributed by atoms with van der Waals surface area (Å²) in [5, 5.41) is 13.0. The predicted molar refractivity (Wildman–Crippen MR) is 347 cm³/mol. The van der Waals surface area contributed by atoms with Crippen LogP contribution < -0.4 is 0 Å². The molecule has 0 bridgehead atoms. The Balaban J connectivity index is 1.19. The van der Waals surface area contributed by atoms with Crippen LogP contribution in [-0.2, 0) is 143 Å². The predicted octanol–water partition coefficient (Wildman–Crippen LogP) is 5.41. The second-order valence-electron chi connectivity index (χ2n) is 30.0. The van der Waals surface area contributed by atoms with Crippen LogP contribution in [0.2, 0.25) is 0 Å². The van der Waals surface area contributed by atoms with Gasteiger partial charge in [-0.2, -0.15) is 0 Å². The molecule has 3 heterocycles. The Labute approximate surface area is 599 Å². The molecule has 3 saturated heterocycles. The highest BCUT2D eigenvalue weighted by molar-refractivity contribution is 5.71. The third-order valence-corrected chi connectivity index (χ3v) is 22.8. The van der Waals surface area contributed by atoms with E-state index in [1.165, 1.54) is 6.92 Å². The van der Waals surface area contributed by atoms with E-state index in [0.29, 0.717) is 38.5 Å². The molecule has 5 saturated carbocycles. The lowest BCUT2D eigenvalue weighted by Gasteiger charge is -2.64. The minimum absolute atomic E-state index is 0.0130. The summed E-state index contributed by atoms with van der Waals surface area (Å²) in [7, 11) is 0. The largest absolute Gasteiger partial charge is 0.463 e. The molecule has 0 aromatic rings. The van der Waals surface area contributed by atoms with Gasteiger partial charge in [0.05, 0.1) is 24.9 Å². The topological polar surface area (TPSA) is 391 Å². The fourth-order valence-electron chi connectivity index (χ4n) is 19.1. The van der Waals surface area contributed by atoms with Gasteiger partial charge in [0, 0.05) is 88.5 Å². The number of carbonyl (C=O) groups is 12. The second kappa shape index (κ2) is 32.9. The van der Waals surface area contributed by atoms with Crippen LogP contribution in [-0.4, -0.2) is 214 Å². The zero-order chi connectivity index (χ0) is 76.3. The van der Waals surface area contributed by atoms with Crippen molar-refractivity contribution < 1.29 is 148 Å². The molecule has 578 valence electrons. The van der Waals surface area contributed by atoms with Gasteiger partial charge in [0.2, 0.25) is 0 Å². The number of fused-ring (bicyclic) bond motifs is 2. The van der Waals surface area contributed by atoms with Crippen molar-refractivity contribution in [3.8, 4) is 0 Å². The Kier molecular flexibility index (Phi) is 26.1. The van der Waals surface area contributed by atoms with Crippen LogP contribution in [0.3, 0.4) is 0 Å². The molecule has 31 nitrogen and oxygen atoms in total. The number of hydrogen-bond acceptors (Lipinski definition) is 31. The number of rotatable bonds is 26.